The van der Waals surface area contributed by atoms with E-state index in [1.165, 1.54) is 0 Å². The molecule has 0 aliphatic carbocycles. The van der Waals surface area contributed by atoms with Gasteiger partial charge in [0.25, 0.3) is 0 Å². The standard InChI is InChI=1S/C18H25N3O5/c1-11(2)19-17(22)20-9-13-16(10-20)26-18(23)21(13)8-12-5-6-14(24-3)15(7-12)25-4/h5-7,11,13,16H,8-10H2,1-4H3,(H,19,22)/t13-,16+/m0/s1. The lowest BCUT2D eigenvalue weighted by Gasteiger charge is -2.23. The van der Waals surface area contributed by atoms with E-state index in [4.69, 9.17) is 14.2 Å². The van der Waals surface area contributed by atoms with Crippen LogP contribution in [0.4, 0.5) is 9.59 Å². The van der Waals surface area contributed by atoms with Crippen molar-refractivity contribution in [2.24, 2.45) is 0 Å². The lowest BCUT2D eigenvalue weighted by atomic mass is 10.1. The van der Waals surface area contributed by atoms with Crippen LogP contribution in [0.25, 0.3) is 0 Å². The Morgan fingerprint density at radius 1 is 1.27 bits per heavy atom. The summed E-state index contributed by atoms with van der Waals surface area (Å²) >= 11 is 0. The molecule has 2 fully saturated rings. The molecule has 26 heavy (non-hydrogen) atoms. The number of amides is 3. The zero-order chi connectivity index (χ0) is 18.8. The molecule has 1 aromatic rings. The van der Waals surface area contributed by atoms with Crippen molar-refractivity contribution in [2.75, 3.05) is 27.3 Å². The maximum Gasteiger partial charge on any atom is 0.410 e. The molecule has 0 spiro atoms. The number of carbonyl (C=O) groups is 2. The van der Waals surface area contributed by atoms with Crippen LogP contribution in [0, 0.1) is 0 Å². The Balaban J connectivity index is 1.71. The largest absolute Gasteiger partial charge is 0.493 e. The number of methoxy groups -OCH3 is 2. The van der Waals surface area contributed by atoms with Gasteiger partial charge in [0.1, 0.15) is 6.10 Å². The van der Waals surface area contributed by atoms with E-state index in [0.29, 0.717) is 31.1 Å². The molecule has 0 aromatic heterocycles. The monoisotopic (exact) mass is 363 g/mol. The predicted octanol–water partition coefficient (Wildman–Crippen LogP) is 1.83. The zero-order valence-corrected chi connectivity index (χ0v) is 15.5. The first-order valence-electron chi connectivity index (χ1n) is 8.66. The summed E-state index contributed by atoms with van der Waals surface area (Å²) in [5.41, 5.74) is 0.908. The molecule has 2 atom stereocenters. The molecule has 2 heterocycles. The third kappa shape index (κ3) is 3.49. The van der Waals surface area contributed by atoms with Gasteiger partial charge in [0.15, 0.2) is 11.5 Å². The second-order valence-corrected chi connectivity index (χ2v) is 6.82. The highest BCUT2D eigenvalue weighted by molar-refractivity contribution is 5.76. The fourth-order valence-corrected chi connectivity index (χ4v) is 3.37. The van der Waals surface area contributed by atoms with Gasteiger partial charge in [-0.25, -0.2) is 9.59 Å². The second-order valence-electron chi connectivity index (χ2n) is 6.82. The Kier molecular flexibility index (Phi) is 5.11. The number of nitrogens with zero attached hydrogens (tertiary/aromatic N) is 2. The topological polar surface area (TPSA) is 80.3 Å². The summed E-state index contributed by atoms with van der Waals surface area (Å²) in [6.45, 7) is 5.09. The van der Waals surface area contributed by atoms with Crippen molar-refractivity contribution in [1.82, 2.24) is 15.1 Å². The Morgan fingerprint density at radius 2 is 2.00 bits per heavy atom. The molecule has 1 aromatic carbocycles. The van der Waals surface area contributed by atoms with Gasteiger partial charge in [0.05, 0.1) is 26.8 Å². The summed E-state index contributed by atoms with van der Waals surface area (Å²) in [6.07, 6.45) is -0.640. The molecule has 142 valence electrons. The summed E-state index contributed by atoms with van der Waals surface area (Å²) in [4.78, 5) is 27.8. The van der Waals surface area contributed by atoms with Gasteiger partial charge < -0.3 is 24.4 Å². The van der Waals surface area contributed by atoms with Gasteiger partial charge in [0.2, 0.25) is 0 Å². The van der Waals surface area contributed by atoms with Crippen LogP contribution in [0.5, 0.6) is 11.5 Å². The van der Waals surface area contributed by atoms with E-state index >= 15 is 0 Å². The van der Waals surface area contributed by atoms with Crippen LogP contribution in [0.3, 0.4) is 0 Å². The first-order valence-corrected chi connectivity index (χ1v) is 8.66. The zero-order valence-electron chi connectivity index (χ0n) is 15.5. The molecule has 8 nitrogen and oxygen atoms in total. The lowest BCUT2D eigenvalue weighted by molar-refractivity contribution is 0.122. The van der Waals surface area contributed by atoms with E-state index in [2.05, 4.69) is 5.32 Å². The Hall–Kier alpha value is -2.64. The maximum absolute atomic E-state index is 12.3. The van der Waals surface area contributed by atoms with Gasteiger partial charge >= 0.3 is 12.1 Å². The van der Waals surface area contributed by atoms with E-state index < -0.39 is 0 Å². The number of fused-ring (bicyclic) bond motifs is 1. The third-order valence-corrected chi connectivity index (χ3v) is 4.62. The van der Waals surface area contributed by atoms with Gasteiger partial charge in [-0.1, -0.05) is 6.07 Å². The number of urea groups is 1. The molecule has 2 saturated heterocycles. The smallest absolute Gasteiger partial charge is 0.410 e. The SMILES string of the molecule is COc1ccc(CN2C(=O)O[C@@H]3CN(C(=O)NC(C)C)C[C@@H]32)cc1OC. The van der Waals surface area contributed by atoms with Crippen LogP contribution in [0.1, 0.15) is 19.4 Å². The Labute approximate surface area is 153 Å². The van der Waals surface area contributed by atoms with Gasteiger partial charge in [-0.3, -0.25) is 4.90 Å². The summed E-state index contributed by atoms with van der Waals surface area (Å²) in [5.74, 6) is 1.24. The van der Waals surface area contributed by atoms with E-state index in [-0.39, 0.29) is 30.3 Å². The molecule has 0 radical (unpaired) electrons. The minimum atomic E-state index is -0.348. The molecule has 3 amide bonds. The second kappa shape index (κ2) is 7.31. The highest BCUT2D eigenvalue weighted by Gasteiger charge is 2.48. The van der Waals surface area contributed by atoms with Gasteiger partial charge in [0, 0.05) is 19.1 Å². The van der Waals surface area contributed by atoms with Gasteiger partial charge in [-0.15, -0.1) is 0 Å². The Morgan fingerprint density at radius 3 is 2.65 bits per heavy atom. The van der Waals surface area contributed by atoms with Gasteiger partial charge in [-0.2, -0.15) is 0 Å². The van der Waals surface area contributed by atoms with E-state index in [1.807, 2.05) is 32.0 Å². The summed E-state index contributed by atoms with van der Waals surface area (Å²) in [6, 6.07) is 5.33. The summed E-state index contributed by atoms with van der Waals surface area (Å²) in [5, 5.41) is 2.88. The first-order chi connectivity index (χ1) is 12.4. The first kappa shape index (κ1) is 18.2. The number of ether oxygens (including phenoxy) is 3. The average molecular weight is 363 g/mol. The third-order valence-electron chi connectivity index (χ3n) is 4.62. The van der Waals surface area contributed by atoms with Crippen molar-refractivity contribution in [3.05, 3.63) is 23.8 Å². The van der Waals surface area contributed by atoms with Crippen molar-refractivity contribution >= 4 is 12.1 Å². The molecule has 2 aliphatic rings. The number of hydrogen-bond donors (Lipinski definition) is 1. The number of likely N-dealkylation sites (tertiary alicyclic amines) is 1. The minimum Gasteiger partial charge on any atom is -0.493 e. The molecular formula is C18H25N3O5. The molecular weight excluding hydrogens is 338 g/mol. The Bertz CT molecular complexity index is 693. The maximum atomic E-state index is 12.3. The van der Waals surface area contributed by atoms with Crippen molar-refractivity contribution in [3.63, 3.8) is 0 Å². The number of rotatable bonds is 5. The van der Waals surface area contributed by atoms with Crippen LogP contribution in [0.2, 0.25) is 0 Å². The highest BCUT2D eigenvalue weighted by Crippen LogP contribution is 2.31. The predicted molar refractivity (Wildman–Crippen MR) is 94.4 cm³/mol. The number of carbonyl (C=O) groups excluding carboxylic acids is 2. The van der Waals surface area contributed by atoms with Crippen LogP contribution in [0.15, 0.2) is 18.2 Å². The number of hydrogen-bond acceptors (Lipinski definition) is 5. The van der Waals surface area contributed by atoms with E-state index in [9.17, 15) is 9.59 Å². The van der Waals surface area contributed by atoms with Crippen molar-refractivity contribution in [2.45, 2.75) is 38.6 Å². The molecule has 0 unspecified atom stereocenters. The molecule has 3 rings (SSSR count). The van der Waals surface area contributed by atoms with E-state index in [1.54, 1.807) is 24.0 Å². The van der Waals surface area contributed by atoms with Gasteiger partial charge in [-0.05, 0) is 31.5 Å². The highest BCUT2D eigenvalue weighted by atomic mass is 16.6. The van der Waals surface area contributed by atoms with Crippen molar-refractivity contribution in [3.8, 4) is 11.5 Å². The quantitative estimate of drug-likeness (QED) is 0.863. The van der Waals surface area contributed by atoms with Crippen LogP contribution in [-0.2, 0) is 11.3 Å². The molecule has 8 heteroatoms. The number of benzene rings is 1. The number of nitrogens with one attached hydrogen (secondary N) is 1. The summed E-state index contributed by atoms with van der Waals surface area (Å²) < 4.78 is 16.0. The molecule has 0 saturated carbocycles. The molecule has 0 bridgehead atoms. The summed E-state index contributed by atoms with van der Waals surface area (Å²) in [7, 11) is 3.15. The van der Waals surface area contributed by atoms with Crippen LogP contribution < -0.4 is 14.8 Å². The van der Waals surface area contributed by atoms with Crippen LogP contribution >= 0.6 is 0 Å². The average Bonchev–Trinajstić information content (AvgIpc) is 3.13. The lowest BCUT2D eigenvalue weighted by Crippen LogP contribution is -2.44. The fourth-order valence-electron chi connectivity index (χ4n) is 3.37. The normalized spacial score (nSPS) is 21.7. The van der Waals surface area contributed by atoms with Crippen molar-refractivity contribution in [1.29, 1.82) is 0 Å². The molecule has 2 aliphatic heterocycles. The molecule has 1 N–H and O–H groups in total. The van der Waals surface area contributed by atoms with Crippen molar-refractivity contribution < 1.29 is 23.8 Å². The van der Waals surface area contributed by atoms with Crippen LogP contribution in [-0.4, -0.2) is 67.4 Å². The fraction of sp³-hybridized carbons (Fsp3) is 0.556. The minimum absolute atomic E-state index is 0.0633. The van der Waals surface area contributed by atoms with E-state index in [0.717, 1.165) is 5.56 Å².